The minimum atomic E-state index is -0.864. The molecule has 0 aliphatic rings. The fraction of sp³-hybridized carbons (Fsp3) is 0.333. The highest BCUT2D eigenvalue weighted by atomic mass is 32.2. The minimum absolute atomic E-state index is 0.284. The molecule has 16 heavy (non-hydrogen) atoms. The molecular formula is C12H15NO2S. The molecule has 3 nitrogen and oxygen atoms in total. The number of benzene rings is 1. The summed E-state index contributed by atoms with van der Waals surface area (Å²) in [6, 6.07) is 9.40. The van der Waals surface area contributed by atoms with Crippen LogP contribution in [0.15, 0.2) is 34.7 Å². The predicted molar refractivity (Wildman–Crippen MR) is 66.7 cm³/mol. The Labute approximate surface area is 97.1 Å². The van der Waals surface area contributed by atoms with Crippen LogP contribution >= 0.6 is 0 Å². The number of hydrogen-bond acceptors (Lipinski definition) is 3. The SMILES string of the molecule is CCS(=O)CC(N)c1cc2ccccc2o1. The molecule has 2 N–H and O–H groups in total. The van der Waals surface area contributed by atoms with Crippen LogP contribution < -0.4 is 5.73 Å². The first kappa shape index (κ1) is 11.4. The monoisotopic (exact) mass is 237 g/mol. The van der Waals surface area contributed by atoms with Crippen LogP contribution in [-0.2, 0) is 10.8 Å². The summed E-state index contributed by atoms with van der Waals surface area (Å²) in [6.07, 6.45) is 0. The summed E-state index contributed by atoms with van der Waals surface area (Å²) in [5.41, 5.74) is 6.78. The lowest BCUT2D eigenvalue weighted by Crippen LogP contribution is -2.18. The van der Waals surface area contributed by atoms with Gasteiger partial charge in [0.25, 0.3) is 0 Å². The molecule has 2 unspecified atom stereocenters. The fourth-order valence-electron chi connectivity index (χ4n) is 1.59. The summed E-state index contributed by atoms with van der Waals surface area (Å²) in [6.45, 7) is 1.89. The van der Waals surface area contributed by atoms with Crippen molar-refractivity contribution < 1.29 is 8.63 Å². The van der Waals surface area contributed by atoms with Gasteiger partial charge in [0, 0.05) is 27.7 Å². The van der Waals surface area contributed by atoms with Gasteiger partial charge in [-0.05, 0) is 12.1 Å². The van der Waals surface area contributed by atoms with Crippen molar-refractivity contribution in [2.75, 3.05) is 11.5 Å². The van der Waals surface area contributed by atoms with E-state index in [1.54, 1.807) is 0 Å². The summed E-state index contributed by atoms with van der Waals surface area (Å²) in [4.78, 5) is 0. The molecule has 0 radical (unpaired) electrons. The van der Waals surface area contributed by atoms with Crippen LogP contribution in [0.1, 0.15) is 18.7 Å². The van der Waals surface area contributed by atoms with E-state index in [2.05, 4.69) is 0 Å². The van der Waals surface area contributed by atoms with Crippen molar-refractivity contribution in [2.24, 2.45) is 5.73 Å². The molecule has 0 amide bonds. The predicted octanol–water partition coefficient (Wildman–Crippen LogP) is 2.20. The molecule has 0 fully saturated rings. The first-order valence-electron chi connectivity index (χ1n) is 5.29. The molecule has 86 valence electrons. The smallest absolute Gasteiger partial charge is 0.134 e. The Morgan fingerprint density at radius 3 is 2.88 bits per heavy atom. The van der Waals surface area contributed by atoms with Crippen molar-refractivity contribution in [2.45, 2.75) is 13.0 Å². The molecule has 1 aromatic carbocycles. The van der Waals surface area contributed by atoms with Crippen LogP contribution in [0.4, 0.5) is 0 Å². The Morgan fingerprint density at radius 1 is 1.44 bits per heavy atom. The Hall–Kier alpha value is -1.13. The van der Waals surface area contributed by atoms with Crippen LogP contribution in [0.25, 0.3) is 11.0 Å². The zero-order valence-corrected chi connectivity index (χ0v) is 10.00. The quantitative estimate of drug-likeness (QED) is 0.887. The Balaban J connectivity index is 2.23. The summed E-state index contributed by atoms with van der Waals surface area (Å²) in [5, 5.41) is 1.04. The molecule has 0 saturated carbocycles. The van der Waals surface area contributed by atoms with E-state index in [9.17, 15) is 4.21 Å². The average Bonchev–Trinajstić information content (AvgIpc) is 2.72. The van der Waals surface area contributed by atoms with E-state index in [4.69, 9.17) is 10.2 Å². The molecule has 4 heteroatoms. The summed E-state index contributed by atoms with van der Waals surface area (Å²) >= 11 is 0. The number of para-hydroxylation sites is 1. The van der Waals surface area contributed by atoms with Crippen LogP contribution in [0.2, 0.25) is 0 Å². The van der Waals surface area contributed by atoms with Crippen molar-refractivity contribution in [3.63, 3.8) is 0 Å². The number of hydrogen-bond donors (Lipinski definition) is 1. The van der Waals surface area contributed by atoms with Gasteiger partial charge in [-0.2, -0.15) is 0 Å². The Morgan fingerprint density at radius 2 is 2.19 bits per heavy atom. The number of rotatable bonds is 4. The van der Waals surface area contributed by atoms with Crippen molar-refractivity contribution >= 4 is 21.8 Å². The molecule has 1 heterocycles. The molecule has 1 aromatic heterocycles. The van der Waals surface area contributed by atoms with Crippen LogP contribution in [-0.4, -0.2) is 15.7 Å². The molecular weight excluding hydrogens is 222 g/mol. The summed E-state index contributed by atoms with van der Waals surface area (Å²) in [5.74, 6) is 1.80. The number of furan rings is 1. The fourth-order valence-corrected chi connectivity index (χ4v) is 2.39. The molecule has 2 rings (SSSR count). The maximum atomic E-state index is 11.4. The zero-order chi connectivity index (χ0) is 11.5. The second kappa shape index (κ2) is 4.80. The van der Waals surface area contributed by atoms with E-state index in [0.29, 0.717) is 17.3 Å². The van der Waals surface area contributed by atoms with Gasteiger partial charge in [-0.25, -0.2) is 0 Å². The van der Waals surface area contributed by atoms with Gasteiger partial charge in [0.15, 0.2) is 0 Å². The van der Waals surface area contributed by atoms with E-state index in [1.165, 1.54) is 0 Å². The molecule has 0 aliphatic heterocycles. The molecule has 2 atom stereocenters. The van der Waals surface area contributed by atoms with Crippen molar-refractivity contribution in [1.29, 1.82) is 0 Å². The van der Waals surface area contributed by atoms with Crippen molar-refractivity contribution in [1.82, 2.24) is 0 Å². The summed E-state index contributed by atoms with van der Waals surface area (Å²) < 4.78 is 17.0. The van der Waals surface area contributed by atoms with E-state index in [1.807, 2.05) is 37.3 Å². The first-order valence-corrected chi connectivity index (χ1v) is 6.78. The van der Waals surface area contributed by atoms with E-state index < -0.39 is 10.8 Å². The van der Waals surface area contributed by atoms with Gasteiger partial charge in [0.05, 0.1) is 6.04 Å². The highest BCUT2D eigenvalue weighted by Crippen LogP contribution is 2.22. The van der Waals surface area contributed by atoms with Gasteiger partial charge in [0.2, 0.25) is 0 Å². The number of nitrogens with two attached hydrogens (primary N) is 1. The number of fused-ring (bicyclic) bond motifs is 1. The third-order valence-electron chi connectivity index (χ3n) is 2.50. The highest BCUT2D eigenvalue weighted by Gasteiger charge is 2.14. The molecule has 0 aliphatic carbocycles. The zero-order valence-electron chi connectivity index (χ0n) is 9.18. The molecule has 0 saturated heterocycles. The molecule has 0 spiro atoms. The second-order valence-electron chi connectivity index (χ2n) is 3.69. The second-order valence-corrected chi connectivity index (χ2v) is 5.48. The normalized spacial score (nSPS) is 15.1. The lowest BCUT2D eigenvalue weighted by molar-refractivity contribution is 0.514. The maximum Gasteiger partial charge on any atom is 0.134 e. The molecule has 2 aromatic rings. The largest absolute Gasteiger partial charge is 0.459 e. The van der Waals surface area contributed by atoms with Gasteiger partial charge >= 0.3 is 0 Å². The van der Waals surface area contributed by atoms with Crippen LogP contribution in [0.3, 0.4) is 0 Å². The lowest BCUT2D eigenvalue weighted by Gasteiger charge is -2.06. The van der Waals surface area contributed by atoms with Gasteiger partial charge < -0.3 is 10.2 Å². The van der Waals surface area contributed by atoms with Crippen LogP contribution in [0, 0.1) is 0 Å². The maximum absolute atomic E-state index is 11.4. The first-order chi connectivity index (χ1) is 7.70. The van der Waals surface area contributed by atoms with Crippen molar-refractivity contribution in [3.05, 3.63) is 36.1 Å². The third-order valence-corrected chi connectivity index (χ3v) is 3.87. The van der Waals surface area contributed by atoms with Crippen LogP contribution in [0.5, 0.6) is 0 Å². The minimum Gasteiger partial charge on any atom is -0.459 e. The topological polar surface area (TPSA) is 56.2 Å². The average molecular weight is 237 g/mol. The molecule has 0 bridgehead atoms. The van der Waals surface area contributed by atoms with E-state index in [-0.39, 0.29) is 6.04 Å². The van der Waals surface area contributed by atoms with E-state index >= 15 is 0 Å². The van der Waals surface area contributed by atoms with E-state index in [0.717, 1.165) is 11.0 Å². The van der Waals surface area contributed by atoms with Gasteiger partial charge in [-0.3, -0.25) is 4.21 Å². The van der Waals surface area contributed by atoms with Gasteiger partial charge in [-0.15, -0.1) is 0 Å². The Bertz CT molecular complexity index is 473. The lowest BCUT2D eigenvalue weighted by atomic mass is 10.2. The summed E-state index contributed by atoms with van der Waals surface area (Å²) in [7, 11) is -0.864. The Kier molecular flexibility index (Phi) is 3.41. The van der Waals surface area contributed by atoms with Gasteiger partial charge in [-0.1, -0.05) is 25.1 Å². The van der Waals surface area contributed by atoms with Gasteiger partial charge in [0.1, 0.15) is 11.3 Å². The van der Waals surface area contributed by atoms with Crippen molar-refractivity contribution in [3.8, 4) is 0 Å². The standard InChI is InChI=1S/C12H15NO2S/c1-2-16(14)8-10(13)12-7-9-5-3-4-6-11(9)15-12/h3-7,10H,2,8,13H2,1H3. The highest BCUT2D eigenvalue weighted by molar-refractivity contribution is 7.84. The third kappa shape index (κ3) is 2.33.